The quantitative estimate of drug-likeness (QED) is 0.893. The first-order chi connectivity index (χ1) is 8.48. The lowest BCUT2D eigenvalue weighted by Gasteiger charge is -2.16. The first-order valence-corrected chi connectivity index (χ1v) is 5.80. The zero-order valence-corrected chi connectivity index (χ0v) is 12.4. The maximum absolute atomic E-state index is 13.0. The van der Waals surface area contributed by atoms with Gasteiger partial charge in [0.25, 0.3) is 5.92 Å². The van der Waals surface area contributed by atoms with E-state index < -0.39 is 30.8 Å². The molecule has 2 heterocycles. The number of aromatic nitrogens is 1. The number of pyridine rings is 1. The predicted molar refractivity (Wildman–Crippen MR) is 76.6 cm³/mol. The molecule has 0 saturated carbocycles. The Balaban J connectivity index is 0.00000180. The standard InChI is InChI=1S/C12H15F2N3O.2ClH/c1-8(9-4-2-3-5-15-9)17-11(18)10-6-12(13,14)7-16-10;;/h2-5,8,10,16H,6-7H2,1H3,(H,17,18);2*1H. The van der Waals surface area contributed by atoms with Crippen LogP contribution in [0.5, 0.6) is 0 Å². The molecule has 0 radical (unpaired) electrons. The zero-order chi connectivity index (χ0) is 13.2. The van der Waals surface area contributed by atoms with Gasteiger partial charge in [-0.1, -0.05) is 6.07 Å². The number of nitrogens with one attached hydrogen (secondary N) is 2. The molecule has 2 atom stereocenters. The highest BCUT2D eigenvalue weighted by molar-refractivity contribution is 5.85. The summed E-state index contributed by atoms with van der Waals surface area (Å²) in [5.74, 6) is -3.21. The van der Waals surface area contributed by atoms with Crippen LogP contribution in [0, 0.1) is 0 Å². The van der Waals surface area contributed by atoms with Gasteiger partial charge in [-0.3, -0.25) is 15.1 Å². The number of hydrogen-bond acceptors (Lipinski definition) is 3. The highest BCUT2D eigenvalue weighted by Gasteiger charge is 2.42. The Kier molecular flexibility index (Phi) is 7.33. The summed E-state index contributed by atoms with van der Waals surface area (Å²) >= 11 is 0. The normalized spacial score (nSPS) is 21.2. The van der Waals surface area contributed by atoms with E-state index in [1.807, 2.05) is 6.07 Å². The summed E-state index contributed by atoms with van der Waals surface area (Å²) in [5.41, 5.74) is 0.704. The van der Waals surface area contributed by atoms with Gasteiger partial charge in [0.05, 0.1) is 24.3 Å². The maximum atomic E-state index is 13.0. The van der Waals surface area contributed by atoms with E-state index >= 15 is 0 Å². The molecule has 1 fully saturated rings. The van der Waals surface area contributed by atoms with Gasteiger partial charge in [0.1, 0.15) is 0 Å². The smallest absolute Gasteiger partial charge is 0.262 e. The van der Waals surface area contributed by atoms with Crippen molar-refractivity contribution in [3.8, 4) is 0 Å². The highest BCUT2D eigenvalue weighted by Crippen LogP contribution is 2.25. The van der Waals surface area contributed by atoms with Crippen molar-refractivity contribution in [2.45, 2.75) is 31.4 Å². The SMILES string of the molecule is CC(NC(=O)C1CC(F)(F)CN1)c1ccccn1.Cl.Cl. The number of nitrogens with zero attached hydrogens (tertiary/aromatic N) is 1. The molecule has 0 aromatic carbocycles. The lowest BCUT2D eigenvalue weighted by atomic mass is 10.1. The Bertz CT molecular complexity index is 434. The van der Waals surface area contributed by atoms with Crippen molar-refractivity contribution in [2.24, 2.45) is 0 Å². The van der Waals surface area contributed by atoms with Crippen molar-refractivity contribution in [2.75, 3.05) is 6.54 Å². The number of amides is 1. The molecule has 0 bridgehead atoms. The monoisotopic (exact) mass is 327 g/mol. The van der Waals surface area contributed by atoms with Gasteiger partial charge in [-0.25, -0.2) is 8.78 Å². The second-order valence-corrected chi connectivity index (χ2v) is 4.48. The van der Waals surface area contributed by atoms with E-state index in [9.17, 15) is 13.6 Å². The lowest BCUT2D eigenvalue weighted by molar-refractivity contribution is -0.124. The van der Waals surface area contributed by atoms with Crippen LogP contribution >= 0.6 is 24.8 Å². The average Bonchev–Trinajstić information content (AvgIpc) is 2.71. The van der Waals surface area contributed by atoms with Crippen molar-refractivity contribution in [1.29, 1.82) is 0 Å². The largest absolute Gasteiger partial charge is 0.347 e. The predicted octanol–water partition coefficient (Wildman–Crippen LogP) is 2.10. The van der Waals surface area contributed by atoms with Crippen LogP contribution < -0.4 is 10.6 Å². The van der Waals surface area contributed by atoms with Crippen molar-refractivity contribution in [3.63, 3.8) is 0 Å². The number of carbonyl (C=O) groups is 1. The number of halogens is 4. The van der Waals surface area contributed by atoms with Crippen molar-refractivity contribution < 1.29 is 13.6 Å². The Morgan fingerprint density at radius 1 is 1.50 bits per heavy atom. The van der Waals surface area contributed by atoms with Crippen LogP contribution in [0.25, 0.3) is 0 Å². The number of hydrogen-bond donors (Lipinski definition) is 2. The molecule has 1 aliphatic rings. The van der Waals surface area contributed by atoms with Crippen LogP contribution in [-0.4, -0.2) is 29.4 Å². The zero-order valence-electron chi connectivity index (χ0n) is 10.8. The molecule has 1 aliphatic heterocycles. The van der Waals surface area contributed by atoms with Gasteiger partial charge in [0, 0.05) is 12.6 Å². The van der Waals surface area contributed by atoms with Crippen molar-refractivity contribution in [3.05, 3.63) is 30.1 Å². The third-order valence-corrected chi connectivity index (χ3v) is 2.92. The summed E-state index contributed by atoms with van der Waals surface area (Å²) in [5, 5.41) is 5.20. The van der Waals surface area contributed by atoms with E-state index in [4.69, 9.17) is 0 Å². The van der Waals surface area contributed by atoms with Crippen LogP contribution in [0.2, 0.25) is 0 Å². The van der Waals surface area contributed by atoms with E-state index in [2.05, 4.69) is 15.6 Å². The maximum Gasteiger partial charge on any atom is 0.262 e. The first kappa shape index (κ1) is 19.0. The van der Waals surface area contributed by atoms with E-state index in [1.54, 1.807) is 25.3 Å². The molecule has 0 aliphatic carbocycles. The Morgan fingerprint density at radius 2 is 2.20 bits per heavy atom. The van der Waals surface area contributed by atoms with Crippen molar-refractivity contribution >= 4 is 30.7 Å². The molecule has 20 heavy (non-hydrogen) atoms. The number of rotatable bonds is 3. The Labute approximate surface area is 128 Å². The van der Waals surface area contributed by atoms with E-state index in [1.165, 1.54) is 0 Å². The summed E-state index contributed by atoms with van der Waals surface area (Å²) < 4.78 is 25.9. The first-order valence-electron chi connectivity index (χ1n) is 5.80. The van der Waals surface area contributed by atoms with Crippen LogP contribution in [0.3, 0.4) is 0 Å². The molecule has 1 amide bonds. The van der Waals surface area contributed by atoms with E-state index in [0.717, 1.165) is 0 Å². The average molecular weight is 328 g/mol. The number of alkyl halides is 2. The molecule has 2 unspecified atom stereocenters. The summed E-state index contributed by atoms with van der Waals surface area (Å²) in [4.78, 5) is 15.9. The fourth-order valence-electron chi connectivity index (χ4n) is 1.92. The van der Waals surface area contributed by atoms with Gasteiger partial charge in [-0.15, -0.1) is 24.8 Å². The molecule has 2 N–H and O–H groups in total. The van der Waals surface area contributed by atoms with Crippen LogP contribution in [0.1, 0.15) is 25.1 Å². The minimum Gasteiger partial charge on any atom is -0.347 e. The second-order valence-electron chi connectivity index (χ2n) is 4.48. The minimum atomic E-state index is -2.80. The molecule has 1 saturated heterocycles. The Morgan fingerprint density at radius 3 is 2.70 bits per heavy atom. The third-order valence-electron chi connectivity index (χ3n) is 2.92. The molecule has 8 heteroatoms. The van der Waals surface area contributed by atoms with E-state index in [0.29, 0.717) is 5.69 Å². The fourth-order valence-corrected chi connectivity index (χ4v) is 1.92. The third kappa shape index (κ3) is 4.85. The second kappa shape index (κ2) is 7.71. The summed E-state index contributed by atoms with van der Waals surface area (Å²) in [6.45, 7) is 1.33. The molecule has 0 spiro atoms. The molecule has 114 valence electrons. The molecule has 1 aromatic rings. The van der Waals surface area contributed by atoms with Gasteiger partial charge >= 0.3 is 0 Å². The molecule has 4 nitrogen and oxygen atoms in total. The summed E-state index contributed by atoms with van der Waals surface area (Å²) in [6.07, 6.45) is 1.17. The van der Waals surface area contributed by atoms with Crippen LogP contribution in [0.4, 0.5) is 8.78 Å². The topological polar surface area (TPSA) is 54.0 Å². The van der Waals surface area contributed by atoms with Crippen molar-refractivity contribution in [1.82, 2.24) is 15.6 Å². The lowest BCUT2D eigenvalue weighted by Crippen LogP contribution is -2.41. The van der Waals surface area contributed by atoms with Crippen LogP contribution in [-0.2, 0) is 4.79 Å². The van der Waals surface area contributed by atoms with E-state index in [-0.39, 0.29) is 30.9 Å². The molecular formula is C12H17Cl2F2N3O. The highest BCUT2D eigenvalue weighted by atomic mass is 35.5. The number of carbonyl (C=O) groups excluding carboxylic acids is 1. The van der Waals surface area contributed by atoms with Gasteiger partial charge in [-0.05, 0) is 19.1 Å². The molecule has 2 rings (SSSR count). The summed E-state index contributed by atoms with van der Waals surface area (Å²) in [6, 6.07) is 4.24. The van der Waals surface area contributed by atoms with Crippen LogP contribution in [0.15, 0.2) is 24.4 Å². The van der Waals surface area contributed by atoms with Gasteiger partial charge in [0.2, 0.25) is 5.91 Å². The Hall–Kier alpha value is -0.980. The molecule has 1 aromatic heterocycles. The minimum absolute atomic E-state index is 0. The van der Waals surface area contributed by atoms with Gasteiger partial charge in [-0.2, -0.15) is 0 Å². The molecular weight excluding hydrogens is 311 g/mol. The van der Waals surface area contributed by atoms with Gasteiger partial charge < -0.3 is 5.32 Å². The fraction of sp³-hybridized carbons (Fsp3) is 0.500. The van der Waals surface area contributed by atoms with Gasteiger partial charge in [0.15, 0.2) is 0 Å². The summed E-state index contributed by atoms with van der Waals surface area (Å²) in [7, 11) is 0.